The summed E-state index contributed by atoms with van der Waals surface area (Å²) in [5.41, 5.74) is 1.31. The SMILES string of the molecule is CC(C)C[C@H](Nc1ccc(C(=O)NCCC(=O)O)cn1)C1C=CC(C2C=CC(C(F)(F)F)CN2)=CC1. The van der Waals surface area contributed by atoms with Crippen molar-refractivity contribution in [3.05, 3.63) is 59.8 Å². The van der Waals surface area contributed by atoms with Gasteiger partial charge in [0.15, 0.2) is 0 Å². The molecule has 0 saturated carbocycles. The van der Waals surface area contributed by atoms with Crippen molar-refractivity contribution in [2.45, 2.75) is 51.4 Å². The van der Waals surface area contributed by atoms with Crippen LogP contribution in [0, 0.1) is 17.8 Å². The molecule has 0 radical (unpaired) electrons. The number of carbonyl (C=O) groups excluding carboxylic acids is 1. The summed E-state index contributed by atoms with van der Waals surface area (Å²) in [6, 6.07) is 3.21. The van der Waals surface area contributed by atoms with Gasteiger partial charge in [0.2, 0.25) is 0 Å². The van der Waals surface area contributed by atoms with E-state index in [1.54, 1.807) is 18.2 Å². The predicted molar refractivity (Wildman–Crippen MR) is 131 cm³/mol. The Morgan fingerprint density at radius 2 is 2.00 bits per heavy atom. The number of aliphatic carboxylic acids is 1. The van der Waals surface area contributed by atoms with Crippen molar-refractivity contribution in [2.24, 2.45) is 17.8 Å². The van der Waals surface area contributed by atoms with Gasteiger partial charge in [0.25, 0.3) is 5.91 Å². The molecule has 0 bridgehead atoms. The fourth-order valence-electron chi connectivity index (χ4n) is 4.31. The number of carboxylic acids is 1. The van der Waals surface area contributed by atoms with Crippen molar-refractivity contribution in [1.82, 2.24) is 15.6 Å². The number of halogens is 3. The molecule has 0 saturated heterocycles. The topological polar surface area (TPSA) is 103 Å². The van der Waals surface area contributed by atoms with Crippen LogP contribution in [0.5, 0.6) is 0 Å². The van der Waals surface area contributed by atoms with Crippen LogP contribution in [0.15, 0.2) is 54.3 Å². The number of carbonyl (C=O) groups is 2. The van der Waals surface area contributed by atoms with Crippen LogP contribution in [0.25, 0.3) is 0 Å². The number of hydrogen-bond donors (Lipinski definition) is 4. The minimum absolute atomic E-state index is 0.0449. The van der Waals surface area contributed by atoms with Gasteiger partial charge in [-0.05, 0) is 36.5 Å². The Hall–Kier alpha value is -3.14. The van der Waals surface area contributed by atoms with E-state index in [9.17, 15) is 22.8 Å². The standard InChI is InChI=1S/C26H33F3N4O3/c1-16(2)13-22(33-23-10-7-19(14-32-23)25(36)30-12-11-24(34)35)18-5-3-17(4-6-18)21-9-8-20(15-31-21)26(27,28)29/h3-5,7-10,14,16,18,20-22,31H,6,11-13,15H2,1-2H3,(H,30,36)(H,32,33)(H,34,35)/t18?,20?,21?,22-/m0/s1. The number of anilines is 1. The molecule has 10 heteroatoms. The second kappa shape index (κ2) is 12.2. The van der Waals surface area contributed by atoms with Gasteiger partial charge in [0.1, 0.15) is 5.82 Å². The van der Waals surface area contributed by atoms with E-state index in [1.165, 1.54) is 12.3 Å². The molecule has 3 rings (SSSR count). The summed E-state index contributed by atoms with van der Waals surface area (Å²) >= 11 is 0. The molecule has 1 aromatic rings. The normalized spacial score (nSPS) is 22.7. The van der Waals surface area contributed by atoms with Crippen molar-refractivity contribution >= 4 is 17.7 Å². The van der Waals surface area contributed by atoms with Gasteiger partial charge in [-0.25, -0.2) is 4.98 Å². The van der Waals surface area contributed by atoms with E-state index < -0.39 is 18.1 Å². The second-order valence-electron chi connectivity index (χ2n) is 9.59. The monoisotopic (exact) mass is 506 g/mol. The molecule has 196 valence electrons. The first-order chi connectivity index (χ1) is 17.0. The number of alkyl halides is 3. The van der Waals surface area contributed by atoms with E-state index in [0.29, 0.717) is 17.3 Å². The molecule has 36 heavy (non-hydrogen) atoms. The predicted octanol–water partition coefficient (Wildman–Crippen LogP) is 4.32. The van der Waals surface area contributed by atoms with Gasteiger partial charge < -0.3 is 21.1 Å². The van der Waals surface area contributed by atoms with Gasteiger partial charge in [0, 0.05) is 31.2 Å². The minimum atomic E-state index is -4.23. The lowest BCUT2D eigenvalue weighted by molar-refractivity contribution is -0.160. The third-order valence-electron chi connectivity index (χ3n) is 6.26. The first kappa shape index (κ1) is 27.4. The summed E-state index contributed by atoms with van der Waals surface area (Å²) in [7, 11) is 0. The molecule has 3 unspecified atom stereocenters. The third-order valence-corrected chi connectivity index (χ3v) is 6.26. The van der Waals surface area contributed by atoms with Crippen LogP contribution in [0.4, 0.5) is 19.0 Å². The molecular formula is C26H33F3N4O3. The van der Waals surface area contributed by atoms with Gasteiger partial charge in [0.05, 0.1) is 23.9 Å². The lowest BCUT2D eigenvalue weighted by atomic mass is 9.84. The van der Waals surface area contributed by atoms with Crippen LogP contribution in [0.3, 0.4) is 0 Å². The zero-order valence-corrected chi connectivity index (χ0v) is 20.4. The molecule has 1 aromatic heterocycles. The Kier molecular flexibility index (Phi) is 9.31. The van der Waals surface area contributed by atoms with E-state index in [-0.39, 0.29) is 43.4 Å². The average Bonchev–Trinajstić information content (AvgIpc) is 2.83. The van der Waals surface area contributed by atoms with Gasteiger partial charge in [-0.3, -0.25) is 9.59 Å². The first-order valence-electron chi connectivity index (χ1n) is 12.1. The fourth-order valence-corrected chi connectivity index (χ4v) is 4.31. The number of allylic oxidation sites excluding steroid dienone is 1. The number of rotatable bonds is 10. The second-order valence-corrected chi connectivity index (χ2v) is 9.59. The number of aromatic nitrogens is 1. The van der Waals surface area contributed by atoms with Crippen molar-refractivity contribution in [3.8, 4) is 0 Å². The van der Waals surface area contributed by atoms with Gasteiger partial charge in [-0.15, -0.1) is 0 Å². The highest BCUT2D eigenvalue weighted by Crippen LogP contribution is 2.31. The Morgan fingerprint density at radius 1 is 1.22 bits per heavy atom. The van der Waals surface area contributed by atoms with Crippen molar-refractivity contribution < 1.29 is 27.9 Å². The minimum Gasteiger partial charge on any atom is -0.481 e. The summed E-state index contributed by atoms with van der Waals surface area (Å²) in [5.74, 6) is -1.60. The molecule has 4 atom stereocenters. The van der Waals surface area contributed by atoms with E-state index in [2.05, 4.69) is 46.9 Å². The van der Waals surface area contributed by atoms with E-state index >= 15 is 0 Å². The third kappa shape index (κ3) is 7.94. The van der Waals surface area contributed by atoms with Crippen LogP contribution >= 0.6 is 0 Å². The van der Waals surface area contributed by atoms with Gasteiger partial charge in [-0.1, -0.05) is 44.2 Å². The van der Waals surface area contributed by atoms with Gasteiger partial charge >= 0.3 is 12.1 Å². The zero-order valence-electron chi connectivity index (χ0n) is 20.4. The Morgan fingerprint density at radius 3 is 2.53 bits per heavy atom. The maximum absolute atomic E-state index is 12.9. The summed E-state index contributed by atoms with van der Waals surface area (Å²) < 4.78 is 38.7. The molecule has 1 aliphatic carbocycles. The number of pyridine rings is 1. The molecular weight excluding hydrogens is 473 g/mol. The lowest BCUT2D eigenvalue weighted by Gasteiger charge is -2.31. The number of carboxylic acid groups (broad SMARTS) is 1. The Labute approximate surface area is 208 Å². The highest BCUT2D eigenvalue weighted by molar-refractivity contribution is 5.94. The van der Waals surface area contributed by atoms with Crippen LogP contribution in [0.2, 0.25) is 0 Å². The summed E-state index contributed by atoms with van der Waals surface area (Å²) in [5, 5.41) is 17.7. The van der Waals surface area contributed by atoms with Crippen LogP contribution < -0.4 is 16.0 Å². The maximum atomic E-state index is 12.9. The fraction of sp³-hybridized carbons (Fsp3) is 0.500. The summed E-state index contributed by atoms with van der Waals surface area (Å²) in [4.78, 5) is 27.1. The molecule has 1 aliphatic heterocycles. The largest absolute Gasteiger partial charge is 0.481 e. The van der Waals surface area contributed by atoms with Gasteiger partial charge in [-0.2, -0.15) is 13.2 Å². The molecule has 4 N–H and O–H groups in total. The number of nitrogens with one attached hydrogen (secondary N) is 3. The Bertz CT molecular complexity index is 1000. The number of nitrogens with zero attached hydrogens (tertiary/aromatic N) is 1. The summed E-state index contributed by atoms with van der Waals surface area (Å²) in [6.07, 6.45) is 7.69. The Balaban J connectivity index is 1.59. The quantitative estimate of drug-likeness (QED) is 0.353. The molecule has 0 spiro atoms. The van der Waals surface area contributed by atoms with Crippen LogP contribution in [-0.2, 0) is 4.79 Å². The average molecular weight is 507 g/mol. The molecule has 2 heterocycles. The highest BCUT2D eigenvalue weighted by Gasteiger charge is 2.39. The molecule has 0 fully saturated rings. The summed E-state index contributed by atoms with van der Waals surface area (Å²) in [6.45, 7) is 4.18. The smallest absolute Gasteiger partial charge is 0.396 e. The number of amides is 1. The number of hydrogen-bond acceptors (Lipinski definition) is 5. The van der Waals surface area contributed by atoms with E-state index in [4.69, 9.17) is 5.11 Å². The first-order valence-corrected chi connectivity index (χ1v) is 12.1. The highest BCUT2D eigenvalue weighted by atomic mass is 19.4. The van der Waals surface area contributed by atoms with Crippen molar-refractivity contribution in [2.75, 3.05) is 18.4 Å². The van der Waals surface area contributed by atoms with Crippen molar-refractivity contribution in [1.29, 1.82) is 0 Å². The molecule has 2 aliphatic rings. The van der Waals surface area contributed by atoms with Crippen LogP contribution in [-0.4, -0.2) is 53.3 Å². The molecule has 0 aromatic carbocycles. The van der Waals surface area contributed by atoms with Crippen LogP contribution in [0.1, 0.15) is 43.5 Å². The zero-order chi connectivity index (χ0) is 26.3. The molecule has 1 amide bonds. The molecule has 7 nitrogen and oxygen atoms in total. The van der Waals surface area contributed by atoms with Crippen molar-refractivity contribution in [3.63, 3.8) is 0 Å². The van der Waals surface area contributed by atoms with E-state index in [0.717, 1.165) is 18.4 Å². The maximum Gasteiger partial charge on any atom is 0.396 e. The lowest BCUT2D eigenvalue weighted by Crippen LogP contribution is -2.41. The van der Waals surface area contributed by atoms with E-state index in [1.807, 2.05) is 6.08 Å².